The normalized spacial score (nSPS) is 17.0. The zero-order valence-corrected chi connectivity index (χ0v) is 15.5. The molecule has 1 saturated heterocycles. The first-order chi connectivity index (χ1) is 12.7. The van der Waals surface area contributed by atoms with Gasteiger partial charge in [-0.1, -0.05) is 35.9 Å². The van der Waals surface area contributed by atoms with Gasteiger partial charge in [-0.3, -0.25) is 4.79 Å². The van der Waals surface area contributed by atoms with E-state index in [2.05, 4.69) is 5.32 Å². The minimum absolute atomic E-state index is 0.0128. The van der Waals surface area contributed by atoms with E-state index in [0.717, 1.165) is 18.7 Å². The Hall–Kier alpha value is -2.24. The van der Waals surface area contributed by atoms with Crippen molar-refractivity contribution in [2.45, 2.75) is 12.5 Å². The van der Waals surface area contributed by atoms with Crippen LogP contribution in [0.3, 0.4) is 0 Å². The summed E-state index contributed by atoms with van der Waals surface area (Å²) in [6.07, 6.45) is 0.315. The van der Waals surface area contributed by atoms with Crippen molar-refractivity contribution in [2.24, 2.45) is 0 Å². The van der Waals surface area contributed by atoms with Crippen molar-refractivity contribution in [3.8, 4) is 11.5 Å². The molecule has 1 heterocycles. The van der Waals surface area contributed by atoms with Gasteiger partial charge < -0.3 is 19.7 Å². The Morgan fingerprint density at radius 1 is 1.23 bits per heavy atom. The van der Waals surface area contributed by atoms with Crippen LogP contribution >= 0.6 is 11.6 Å². The molecule has 0 spiro atoms. The summed E-state index contributed by atoms with van der Waals surface area (Å²) in [4.78, 5) is 14.7. The first-order valence-electron chi connectivity index (χ1n) is 8.70. The summed E-state index contributed by atoms with van der Waals surface area (Å²) in [7, 11) is 1.60. The SMILES string of the molecule is COc1ccccc1OCCC(=O)N1CCNCC1c1cccc(Cl)c1. The Labute approximate surface area is 158 Å². The van der Waals surface area contributed by atoms with Crippen LogP contribution in [0.2, 0.25) is 5.02 Å². The van der Waals surface area contributed by atoms with E-state index in [0.29, 0.717) is 36.1 Å². The van der Waals surface area contributed by atoms with Gasteiger partial charge >= 0.3 is 0 Å². The van der Waals surface area contributed by atoms with Crippen LogP contribution < -0.4 is 14.8 Å². The van der Waals surface area contributed by atoms with Gasteiger partial charge in [0.05, 0.1) is 26.2 Å². The predicted molar refractivity (Wildman–Crippen MR) is 102 cm³/mol. The topological polar surface area (TPSA) is 50.8 Å². The van der Waals surface area contributed by atoms with Crippen LogP contribution in [0.5, 0.6) is 11.5 Å². The molecule has 0 aromatic heterocycles. The predicted octanol–water partition coefficient (Wildman–Crippen LogP) is 3.29. The summed E-state index contributed by atoms with van der Waals surface area (Å²) in [5, 5.41) is 4.03. The standard InChI is InChI=1S/C20H23ClN2O3/c1-25-18-7-2-3-8-19(18)26-12-9-20(24)23-11-10-22-14-17(23)15-5-4-6-16(21)13-15/h2-8,13,17,22H,9-12,14H2,1H3. The molecule has 5 nitrogen and oxygen atoms in total. The van der Waals surface area contributed by atoms with Crippen molar-refractivity contribution in [3.05, 3.63) is 59.1 Å². The van der Waals surface area contributed by atoms with E-state index < -0.39 is 0 Å². The van der Waals surface area contributed by atoms with Crippen molar-refractivity contribution in [1.82, 2.24) is 10.2 Å². The van der Waals surface area contributed by atoms with Crippen molar-refractivity contribution >= 4 is 17.5 Å². The largest absolute Gasteiger partial charge is 0.493 e. The lowest BCUT2D eigenvalue weighted by molar-refractivity contribution is -0.135. The average molecular weight is 375 g/mol. The summed E-state index contributed by atoms with van der Waals surface area (Å²) in [6, 6.07) is 15.1. The van der Waals surface area contributed by atoms with Gasteiger partial charge in [-0.25, -0.2) is 0 Å². The number of piperazine rings is 1. The summed E-state index contributed by atoms with van der Waals surface area (Å²) in [5.74, 6) is 1.39. The molecule has 26 heavy (non-hydrogen) atoms. The van der Waals surface area contributed by atoms with E-state index in [1.807, 2.05) is 53.4 Å². The van der Waals surface area contributed by atoms with Crippen molar-refractivity contribution in [1.29, 1.82) is 0 Å². The number of para-hydroxylation sites is 2. The molecule has 2 aromatic rings. The number of ether oxygens (including phenoxy) is 2. The van der Waals surface area contributed by atoms with Crippen LogP contribution in [0, 0.1) is 0 Å². The molecule has 1 unspecified atom stereocenters. The third-order valence-electron chi connectivity index (χ3n) is 4.44. The molecule has 0 saturated carbocycles. The molecular weight excluding hydrogens is 352 g/mol. The summed E-state index contributed by atoms with van der Waals surface area (Å²) < 4.78 is 11.0. The molecule has 2 aromatic carbocycles. The van der Waals surface area contributed by atoms with Gasteiger partial charge in [-0.05, 0) is 29.8 Å². The molecule has 1 N–H and O–H groups in total. The fraction of sp³-hybridized carbons (Fsp3) is 0.350. The summed E-state index contributed by atoms with van der Waals surface area (Å²) in [5.41, 5.74) is 1.05. The highest BCUT2D eigenvalue weighted by Crippen LogP contribution is 2.27. The third kappa shape index (κ3) is 4.48. The number of hydrogen-bond acceptors (Lipinski definition) is 4. The minimum atomic E-state index is -0.0128. The van der Waals surface area contributed by atoms with Gasteiger partial charge in [0, 0.05) is 24.7 Å². The number of carbonyl (C=O) groups is 1. The zero-order valence-electron chi connectivity index (χ0n) is 14.8. The number of hydrogen-bond donors (Lipinski definition) is 1. The van der Waals surface area contributed by atoms with Gasteiger partial charge in [-0.2, -0.15) is 0 Å². The van der Waals surface area contributed by atoms with Crippen LogP contribution in [0.4, 0.5) is 0 Å². The number of rotatable bonds is 6. The Balaban J connectivity index is 1.62. The molecule has 0 radical (unpaired) electrons. The van der Waals surface area contributed by atoms with E-state index in [1.165, 1.54) is 0 Å². The molecule has 138 valence electrons. The van der Waals surface area contributed by atoms with Crippen LogP contribution in [0.25, 0.3) is 0 Å². The number of amides is 1. The number of halogens is 1. The lowest BCUT2D eigenvalue weighted by atomic mass is 10.0. The van der Waals surface area contributed by atoms with Gasteiger partial charge in [0.2, 0.25) is 5.91 Å². The highest BCUT2D eigenvalue weighted by atomic mass is 35.5. The number of nitrogens with zero attached hydrogens (tertiary/aromatic N) is 1. The number of benzene rings is 2. The quantitative estimate of drug-likeness (QED) is 0.843. The molecular formula is C20H23ClN2O3. The molecule has 1 amide bonds. The number of carbonyl (C=O) groups excluding carboxylic acids is 1. The monoisotopic (exact) mass is 374 g/mol. The lowest BCUT2D eigenvalue weighted by Gasteiger charge is -2.36. The van der Waals surface area contributed by atoms with Gasteiger partial charge in [0.25, 0.3) is 0 Å². The van der Waals surface area contributed by atoms with E-state index in [4.69, 9.17) is 21.1 Å². The van der Waals surface area contributed by atoms with E-state index >= 15 is 0 Å². The van der Waals surface area contributed by atoms with E-state index in [1.54, 1.807) is 7.11 Å². The maximum Gasteiger partial charge on any atom is 0.226 e. The Morgan fingerprint density at radius 2 is 2.04 bits per heavy atom. The molecule has 6 heteroatoms. The van der Waals surface area contributed by atoms with Gasteiger partial charge in [0.15, 0.2) is 11.5 Å². The second-order valence-electron chi connectivity index (χ2n) is 6.11. The van der Waals surface area contributed by atoms with E-state index in [-0.39, 0.29) is 11.9 Å². The molecule has 1 atom stereocenters. The summed E-state index contributed by atoms with van der Waals surface area (Å²) in [6.45, 7) is 2.49. The fourth-order valence-corrected chi connectivity index (χ4v) is 3.34. The number of methoxy groups -OCH3 is 1. The van der Waals surface area contributed by atoms with Crippen LogP contribution in [0.1, 0.15) is 18.0 Å². The average Bonchev–Trinajstić information content (AvgIpc) is 2.68. The maximum absolute atomic E-state index is 12.8. The van der Waals surface area contributed by atoms with Crippen molar-refractivity contribution < 1.29 is 14.3 Å². The second-order valence-corrected chi connectivity index (χ2v) is 6.55. The molecule has 0 bridgehead atoms. The zero-order chi connectivity index (χ0) is 18.4. The maximum atomic E-state index is 12.8. The van der Waals surface area contributed by atoms with Crippen LogP contribution in [0.15, 0.2) is 48.5 Å². The Kier molecular flexibility index (Phi) is 6.36. The van der Waals surface area contributed by atoms with Gasteiger partial charge in [0.1, 0.15) is 0 Å². The summed E-state index contributed by atoms with van der Waals surface area (Å²) >= 11 is 6.12. The highest BCUT2D eigenvalue weighted by molar-refractivity contribution is 6.30. The molecule has 1 fully saturated rings. The minimum Gasteiger partial charge on any atom is -0.493 e. The Morgan fingerprint density at radius 3 is 2.81 bits per heavy atom. The first kappa shape index (κ1) is 18.5. The molecule has 1 aliphatic rings. The van der Waals surface area contributed by atoms with Crippen molar-refractivity contribution in [3.63, 3.8) is 0 Å². The third-order valence-corrected chi connectivity index (χ3v) is 4.67. The smallest absolute Gasteiger partial charge is 0.226 e. The highest BCUT2D eigenvalue weighted by Gasteiger charge is 2.27. The lowest BCUT2D eigenvalue weighted by Crippen LogP contribution is -2.48. The molecule has 1 aliphatic heterocycles. The molecule has 0 aliphatic carbocycles. The van der Waals surface area contributed by atoms with Crippen molar-refractivity contribution in [2.75, 3.05) is 33.4 Å². The second kappa shape index (κ2) is 8.92. The van der Waals surface area contributed by atoms with Crippen LogP contribution in [-0.2, 0) is 4.79 Å². The Bertz CT molecular complexity index is 753. The first-order valence-corrected chi connectivity index (χ1v) is 9.08. The molecule has 3 rings (SSSR count). The number of nitrogens with one attached hydrogen (secondary N) is 1. The fourth-order valence-electron chi connectivity index (χ4n) is 3.14. The van der Waals surface area contributed by atoms with Crippen LogP contribution in [-0.4, -0.2) is 44.2 Å². The van der Waals surface area contributed by atoms with E-state index in [9.17, 15) is 4.79 Å². The van der Waals surface area contributed by atoms with Gasteiger partial charge in [-0.15, -0.1) is 0 Å².